The number of Topliss-reactive ketones (excluding diaryl/α,β-unsaturated/α-hetero) is 1. The van der Waals surface area contributed by atoms with Crippen molar-refractivity contribution >= 4 is 17.7 Å². The van der Waals surface area contributed by atoms with Crippen LogP contribution in [-0.4, -0.2) is 43.5 Å². The van der Waals surface area contributed by atoms with E-state index in [9.17, 15) is 14.4 Å². The van der Waals surface area contributed by atoms with Crippen LogP contribution in [0.15, 0.2) is 48.5 Å². The van der Waals surface area contributed by atoms with Crippen LogP contribution in [0.4, 0.5) is 0 Å². The lowest BCUT2D eigenvalue weighted by atomic mass is 10.0. The van der Waals surface area contributed by atoms with E-state index in [0.29, 0.717) is 29.2 Å². The average Bonchev–Trinajstić information content (AvgIpc) is 2.77. The molecule has 2 aromatic rings. The first kappa shape index (κ1) is 23.9. The molecule has 1 amide bonds. The number of rotatable bonds is 10. The van der Waals surface area contributed by atoms with Gasteiger partial charge in [-0.3, -0.25) is 9.59 Å². The Balaban J connectivity index is 2.03. The molecule has 0 radical (unpaired) electrons. The summed E-state index contributed by atoms with van der Waals surface area (Å²) in [5.41, 5.74) is 0.796. The second-order valence-corrected chi connectivity index (χ2v) is 7.32. The van der Waals surface area contributed by atoms with Gasteiger partial charge in [0.05, 0.1) is 13.7 Å². The van der Waals surface area contributed by atoms with Gasteiger partial charge in [0, 0.05) is 11.1 Å². The molecular formula is C24H29NO6. The van der Waals surface area contributed by atoms with Crippen molar-refractivity contribution < 1.29 is 28.6 Å². The molecule has 166 valence electrons. The summed E-state index contributed by atoms with van der Waals surface area (Å²) >= 11 is 0. The van der Waals surface area contributed by atoms with Gasteiger partial charge in [-0.1, -0.05) is 13.8 Å². The summed E-state index contributed by atoms with van der Waals surface area (Å²) in [7, 11) is 1.54. The summed E-state index contributed by atoms with van der Waals surface area (Å²) in [5, 5.41) is 2.69. The molecule has 0 saturated carbocycles. The molecule has 0 aliphatic heterocycles. The molecule has 2 rings (SSSR count). The van der Waals surface area contributed by atoms with Crippen molar-refractivity contribution in [2.45, 2.75) is 39.8 Å². The first-order valence-corrected chi connectivity index (χ1v) is 10.2. The maximum absolute atomic E-state index is 12.7. The molecule has 0 fully saturated rings. The topological polar surface area (TPSA) is 90.9 Å². The monoisotopic (exact) mass is 427 g/mol. The van der Waals surface area contributed by atoms with Gasteiger partial charge in [0.15, 0.2) is 6.10 Å². The predicted octanol–water partition coefficient (Wildman–Crippen LogP) is 3.66. The maximum Gasteiger partial charge on any atom is 0.329 e. The van der Waals surface area contributed by atoms with E-state index >= 15 is 0 Å². The predicted molar refractivity (Wildman–Crippen MR) is 117 cm³/mol. The quantitative estimate of drug-likeness (QED) is 0.460. The van der Waals surface area contributed by atoms with Gasteiger partial charge < -0.3 is 19.5 Å². The summed E-state index contributed by atoms with van der Waals surface area (Å²) < 4.78 is 15.8. The Morgan fingerprint density at radius 2 is 1.42 bits per heavy atom. The van der Waals surface area contributed by atoms with Gasteiger partial charge in [-0.2, -0.15) is 0 Å². The summed E-state index contributed by atoms with van der Waals surface area (Å²) in [6.45, 7) is 7.50. The average molecular weight is 427 g/mol. The lowest BCUT2D eigenvalue weighted by Crippen LogP contribution is -2.46. The van der Waals surface area contributed by atoms with Crippen LogP contribution in [0.5, 0.6) is 11.5 Å². The third-order valence-corrected chi connectivity index (χ3v) is 4.67. The number of ether oxygens (including phenoxy) is 3. The van der Waals surface area contributed by atoms with Crippen LogP contribution in [0.25, 0.3) is 0 Å². The third kappa shape index (κ3) is 6.57. The first-order chi connectivity index (χ1) is 14.8. The first-order valence-electron chi connectivity index (χ1n) is 10.2. The standard InChI is InChI=1S/C24H29NO6/c1-6-30-20-13-7-17(8-14-20)22(26)16(4)31-24(28)21(15(2)3)25-23(27)18-9-11-19(29-5)12-10-18/h7-16,21H,6H2,1-5H3,(H,25,27)/t16-,21+/m1/s1. The number of amides is 1. The van der Waals surface area contributed by atoms with E-state index in [-0.39, 0.29) is 11.7 Å². The van der Waals surface area contributed by atoms with E-state index in [0.717, 1.165) is 0 Å². The van der Waals surface area contributed by atoms with Gasteiger partial charge in [-0.25, -0.2) is 4.79 Å². The van der Waals surface area contributed by atoms with Crippen LogP contribution in [0.3, 0.4) is 0 Å². The fraction of sp³-hybridized carbons (Fsp3) is 0.375. The molecule has 0 spiro atoms. The minimum absolute atomic E-state index is 0.234. The minimum Gasteiger partial charge on any atom is -0.497 e. The number of hydrogen-bond acceptors (Lipinski definition) is 6. The molecule has 31 heavy (non-hydrogen) atoms. The molecule has 0 unspecified atom stereocenters. The Labute approximate surface area is 182 Å². The number of hydrogen-bond donors (Lipinski definition) is 1. The zero-order chi connectivity index (χ0) is 23.0. The van der Waals surface area contributed by atoms with Crippen molar-refractivity contribution in [2.24, 2.45) is 5.92 Å². The molecule has 0 heterocycles. The summed E-state index contributed by atoms with van der Waals surface area (Å²) in [5.74, 6) is -0.363. The highest BCUT2D eigenvalue weighted by atomic mass is 16.5. The van der Waals surface area contributed by atoms with Crippen molar-refractivity contribution in [3.63, 3.8) is 0 Å². The zero-order valence-corrected chi connectivity index (χ0v) is 18.5. The number of carbonyl (C=O) groups is 3. The number of ketones is 1. The number of nitrogens with one attached hydrogen (secondary N) is 1. The van der Waals surface area contributed by atoms with Crippen molar-refractivity contribution in [3.8, 4) is 11.5 Å². The molecular weight excluding hydrogens is 398 g/mol. The highest BCUT2D eigenvalue weighted by Crippen LogP contribution is 2.16. The van der Waals surface area contributed by atoms with E-state index in [1.54, 1.807) is 62.4 Å². The highest BCUT2D eigenvalue weighted by Gasteiger charge is 2.29. The molecule has 0 bridgehead atoms. The Morgan fingerprint density at radius 3 is 1.94 bits per heavy atom. The normalized spacial score (nSPS) is 12.6. The Hall–Kier alpha value is -3.35. The van der Waals surface area contributed by atoms with Crippen LogP contribution in [-0.2, 0) is 9.53 Å². The lowest BCUT2D eigenvalue weighted by Gasteiger charge is -2.23. The molecule has 0 aliphatic rings. The van der Waals surface area contributed by atoms with E-state index in [4.69, 9.17) is 14.2 Å². The molecule has 1 N–H and O–H groups in total. The highest BCUT2D eigenvalue weighted by molar-refractivity contribution is 6.01. The summed E-state index contributed by atoms with van der Waals surface area (Å²) in [6, 6.07) is 12.3. The van der Waals surface area contributed by atoms with Crippen LogP contribution in [0.1, 0.15) is 48.4 Å². The summed E-state index contributed by atoms with van der Waals surface area (Å²) in [6.07, 6.45) is -0.996. The summed E-state index contributed by atoms with van der Waals surface area (Å²) in [4.78, 5) is 37.9. The van der Waals surface area contributed by atoms with Crippen molar-refractivity contribution in [1.82, 2.24) is 5.32 Å². The maximum atomic E-state index is 12.7. The second-order valence-electron chi connectivity index (χ2n) is 7.32. The Bertz CT molecular complexity index is 889. The Morgan fingerprint density at radius 1 is 0.871 bits per heavy atom. The van der Waals surface area contributed by atoms with Crippen LogP contribution in [0.2, 0.25) is 0 Å². The van der Waals surface area contributed by atoms with Crippen molar-refractivity contribution in [1.29, 1.82) is 0 Å². The second kappa shape index (κ2) is 11.2. The smallest absolute Gasteiger partial charge is 0.329 e. The van der Waals surface area contributed by atoms with Gasteiger partial charge in [0.2, 0.25) is 5.78 Å². The van der Waals surface area contributed by atoms with E-state index in [1.165, 1.54) is 14.0 Å². The van der Waals surface area contributed by atoms with Crippen molar-refractivity contribution in [3.05, 3.63) is 59.7 Å². The fourth-order valence-corrected chi connectivity index (χ4v) is 2.88. The zero-order valence-electron chi connectivity index (χ0n) is 18.5. The van der Waals surface area contributed by atoms with E-state index < -0.39 is 24.0 Å². The molecule has 2 aromatic carbocycles. The molecule has 7 nitrogen and oxygen atoms in total. The van der Waals surface area contributed by atoms with Crippen LogP contribution < -0.4 is 14.8 Å². The van der Waals surface area contributed by atoms with E-state index in [2.05, 4.69) is 5.32 Å². The number of esters is 1. The molecule has 7 heteroatoms. The number of carbonyl (C=O) groups excluding carboxylic acids is 3. The Kier molecular flexibility index (Phi) is 8.61. The molecule has 0 aliphatic carbocycles. The molecule has 0 aromatic heterocycles. The number of methoxy groups -OCH3 is 1. The number of benzene rings is 2. The van der Waals surface area contributed by atoms with Gasteiger partial charge in [0.1, 0.15) is 17.5 Å². The van der Waals surface area contributed by atoms with E-state index in [1.807, 2.05) is 6.92 Å². The molecule has 0 saturated heterocycles. The minimum atomic E-state index is -0.996. The largest absolute Gasteiger partial charge is 0.497 e. The SMILES string of the molecule is CCOc1ccc(C(=O)[C@@H](C)OC(=O)[C@@H](NC(=O)c2ccc(OC)cc2)C(C)C)cc1. The van der Waals surface area contributed by atoms with Crippen LogP contribution >= 0.6 is 0 Å². The third-order valence-electron chi connectivity index (χ3n) is 4.67. The van der Waals surface area contributed by atoms with Gasteiger partial charge >= 0.3 is 5.97 Å². The fourth-order valence-electron chi connectivity index (χ4n) is 2.88. The van der Waals surface area contributed by atoms with Gasteiger partial charge in [-0.05, 0) is 68.3 Å². The molecule has 2 atom stereocenters. The van der Waals surface area contributed by atoms with Crippen molar-refractivity contribution in [2.75, 3.05) is 13.7 Å². The van der Waals surface area contributed by atoms with Gasteiger partial charge in [0.25, 0.3) is 5.91 Å². The van der Waals surface area contributed by atoms with Crippen LogP contribution in [0, 0.1) is 5.92 Å². The lowest BCUT2D eigenvalue weighted by molar-refractivity contribution is -0.149. The van der Waals surface area contributed by atoms with Gasteiger partial charge in [-0.15, -0.1) is 0 Å².